The Labute approximate surface area is 81.4 Å². The SMILES string of the molecule is CC1=CC(C)c2cccc(Br)c21. The van der Waals surface area contributed by atoms with Crippen molar-refractivity contribution in [2.45, 2.75) is 19.8 Å². The van der Waals surface area contributed by atoms with Crippen LogP contribution in [0.1, 0.15) is 30.9 Å². The second-order valence-corrected chi connectivity index (χ2v) is 4.20. The molecule has 0 amide bonds. The van der Waals surface area contributed by atoms with Crippen LogP contribution in [-0.4, -0.2) is 0 Å². The molecule has 0 saturated heterocycles. The second kappa shape index (κ2) is 2.74. The van der Waals surface area contributed by atoms with E-state index < -0.39 is 0 Å². The minimum absolute atomic E-state index is 0.581. The molecule has 0 saturated carbocycles. The van der Waals surface area contributed by atoms with E-state index in [1.807, 2.05) is 0 Å². The van der Waals surface area contributed by atoms with Crippen LogP contribution in [0.15, 0.2) is 28.7 Å². The van der Waals surface area contributed by atoms with Gasteiger partial charge in [-0.15, -0.1) is 0 Å². The van der Waals surface area contributed by atoms with Gasteiger partial charge < -0.3 is 0 Å². The maximum Gasteiger partial charge on any atom is 0.0253 e. The molecule has 1 atom stereocenters. The summed E-state index contributed by atoms with van der Waals surface area (Å²) < 4.78 is 1.22. The molecule has 12 heavy (non-hydrogen) atoms. The summed E-state index contributed by atoms with van der Waals surface area (Å²) >= 11 is 3.57. The molecule has 1 aromatic rings. The molecule has 1 aromatic carbocycles. The Bertz CT molecular complexity index is 350. The van der Waals surface area contributed by atoms with Gasteiger partial charge in [0.1, 0.15) is 0 Å². The zero-order valence-corrected chi connectivity index (χ0v) is 8.85. The normalized spacial score (nSPS) is 20.6. The topological polar surface area (TPSA) is 0 Å². The molecule has 1 unspecified atom stereocenters. The van der Waals surface area contributed by atoms with Gasteiger partial charge in [-0.05, 0) is 29.7 Å². The molecular weight excluding hydrogens is 212 g/mol. The van der Waals surface area contributed by atoms with E-state index in [1.54, 1.807) is 0 Å². The molecule has 0 radical (unpaired) electrons. The largest absolute Gasteiger partial charge is 0.0737 e. The molecule has 1 aliphatic carbocycles. The van der Waals surface area contributed by atoms with Crippen LogP contribution in [0.2, 0.25) is 0 Å². The standard InChI is InChI=1S/C11H11Br/c1-7-6-8(2)11-9(7)4-3-5-10(11)12/h3-7H,1-2H3. The molecule has 0 aliphatic heterocycles. The highest BCUT2D eigenvalue weighted by molar-refractivity contribution is 9.10. The van der Waals surface area contributed by atoms with E-state index in [-0.39, 0.29) is 0 Å². The van der Waals surface area contributed by atoms with Gasteiger partial charge >= 0.3 is 0 Å². The van der Waals surface area contributed by atoms with E-state index in [9.17, 15) is 0 Å². The molecule has 0 nitrogen and oxygen atoms in total. The van der Waals surface area contributed by atoms with Crippen LogP contribution in [0.4, 0.5) is 0 Å². The van der Waals surface area contributed by atoms with E-state index >= 15 is 0 Å². The minimum atomic E-state index is 0.581. The van der Waals surface area contributed by atoms with Crippen molar-refractivity contribution >= 4 is 21.5 Å². The van der Waals surface area contributed by atoms with Crippen LogP contribution in [0.5, 0.6) is 0 Å². The Hall–Kier alpha value is -0.560. The van der Waals surface area contributed by atoms with Gasteiger partial charge in [0, 0.05) is 10.4 Å². The first-order valence-electron chi connectivity index (χ1n) is 4.17. The monoisotopic (exact) mass is 222 g/mol. The van der Waals surface area contributed by atoms with Gasteiger partial charge in [-0.1, -0.05) is 41.1 Å². The van der Waals surface area contributed by atoms with Crippen LogP contribution >= 0.6 is 15.9 Å². The lowest BCUT2D eigenvalue weighted by Crippen LogP contribution is -1.87. The maximum atomic E-state index is 3.57. The number of hydrogen-bond acceptors (Lipinski definition) is 0. The highest BCUT2D eigenvalue weighted by atomic mass is 79.9. The summed E-state index contributed by atoms with van der Waals surface area (Å²) in [5.41, 5.74) is 4.23. The number of hydrogen-bond donors (Lipinski definition) is 0. The van der Waals surface area contributed by atoms with Crippen molar-refractivity contribution in [2.75, 3.05) is 0 Å². The average Bonchev–Trinajstić information content (AvgIpc) is 2.29. The number of allylic oxidation sites excluding steroid dienone is 2. The Morgan fingerprint density at radius 2 is 2.08 bits per heavy atom. The maximum absolute atomic E-state index is 3.57. The Kier molecular flexibility index (Phi) is 1.84. The van der Waals surface area contributed by atoms with Crippen LogP contribution < -0.4 is 0 Å². The van der Waals surface area contributed by atoms with Crippen molar-refractivity contribution in [1.82, 2.24) is 0 Å². The van der Waals surface area contributed by atoms with Crippen molar-refractivity contribution in [3.05, 3.63) is 39.9 Å². The molecular formula is C11H11Br. The predicted molar refractivity (Wildman–Crippen MR) is 56.2 cm³/mol. The van der Waals surface area contributed by atoms with E-state index in [0.29, 0.717) is 5.92 Å². The zero-order valence-electron chi connectivity index (χ0n) is 7.26. The smallest absolute Gasteiger partial charge is 0.0253 e. The zero-order chi connectivity index (χ0) is 8.72. The fourth-order valence-electron chi connectivity index (χ4n) is 1.88. The Morgan fingerprint density at radius 1 is 1.33 bits per heavy atom. The first-order chi connectivity index (χ1) is 5.70. The van der Waals surface area contributed by atoms with Crippen molar-refractivity contribution in [1.29, 1.82) is 0 Å². The van der Waals surface area contributed by atoms with Gasteiger partial charge in [-0.2, -0.15) is 0 Å². The quantitative estimate of drug-likeness (QED) is 0.624. The van der Waals surface area contributed by atoms with Crippen molar-refractivity contribution < 1.29 is 0 Å². The minimum Gasteiger partial charge on any atom is -0.0737 e. The molecule has 0 N–H and O–H groups in total. The number of halogens is 1. The predicted octanol–water partition coefficient (Wildman–Crippen LogP) is 3.97. The van der Waals surface area contributed by atoms with Crippen molar-refractivity contribution in [3.8, 4) is 0 Å². The molecule has 2 rings (SSSR count). The Balaban J connectivity index is 2.68. The Morgan fingerprint density at radius 3 is 2.75 bits per heavy atom. The van der Waals surface area contributed by atoms with Gasteiger partial charge in [0.15, 0.2) is 0 Å². The number of rotatable bonds is 0. The molecule has 0 spiro atoms. The summed E-state index contributed by atoms with van der Waals surface area (Å²) in [6, 6.07) is 6.41. The number of fused-ring (bicyclic) bond motifs is 1. The van der Waals surface area contributed by atoms with E-state index in [1.165, 1.54) is 21.2 Å². The second-order valence-electron chi connectivity index (χ2n) is 3.34. The molecule has 1 aliphatic rings. The first-order valence-corrected chi connectivity index (χ1v) is 4.96. The summed E-state index contributed by atoms with van der Waals surface area (Å²) in [5, 5.41) is 0. The summed E-state index contributed by atoms with van der Waals surface area (Å²) in [6.07, 6.45) is 2.31. The lowest BCUT2D eigenvalue weighted by atomic mass is 10.0. The molecule has 0 fully saturated rings. The van der Waals surface area contributed by atoms with Crippen molar-refractivity contribution in [2.24, 2.45) is 0 Å². The third-order valence-electron chi connectivity index (χ3n) is 2.43. The average molecular weight is 223 g/mol. The van der Waals surface area contributed by atoms with E-state index in [2.05, 4.69) is 54.1 Å². The molecule has 1 heteroatoms. The van der Waals surface area contributed by atoms with Gasteiger partial charge in [0.25, 0.3) is 0 Å². The summed E-state index contributed by atoms with van der Waals surface area (Å²) in [4.78, 5) is 0. The van der Waals surface area contributed by atoms with Gasteiger partial charge in [-0.25, -0.2) is 0 Å². The molecule has 62 valence electrons. The lowest BCUT2D eigenvalue weighted by Gasteiger charge is -2.06. The van der Waals surface area contributed by atoms with Crippen LogP contribution in [0.3, 0.4) is 0 Å². The molecule has 0 heterocycles. The summed E-state index contributed by atoms with van der Waals surface area (Å²) in [7, 11) is 0. The first kappa shape index (κ1) is 8.06. The van der Waals surface area contributed by atoms with E-state index in [4.69, 9.17) is 0 Å². The van der Waals surface area contributed by atoms with Gasteiger partial charge in [0.05, 0.1) is 0 Å². The third kappa shape index (κ3) is 1.04. The third-order valence-corrected chi connectivity index (χ3v) is 3.09. The van der Waals surface area contributed by atoms with Crippen LogP contribution in [0.25, 0.3) is 5.57 Å². The van der Waals surface area contributed by atoms with Crippen LogP contribution in [0, 0.1) is 0 Å². The fourth-order valence-corrected chi connectivity index (χ4v) is 2.58. The van der Waals surface area contributed by atoms with Crippen LogP contribution in [-0.2, 0) is 0 Å². The molecule has 0 bridgehead atoms. The lowest BCUT2D eigenvalue weighted by molar-refractivity contribution is 0.989. The summed E-state index contributed by atoms with van der Waals surface area (Å²) in [5.74, 6) is 0.581. The highest BCUT2D eigenvalue weighted by Crippen LogP contribution is 2.39. The van der Waals surface area contributed by atoms with Crippen molar-refractivity contribution in [3.63, 3.8) is 0 Å². The number of benzene rings is 1. The summed E-state index contributed by atoms with van der Waals surface area (Å²) in [6.45, 7) is 4.41. The fraction of sp³-hybridized carbons (Fsp3) is 0.273. The van der Waals surface area contributed by atoms with Gasteiger partial charge in [-0.3, -0.25) is 0 Å². The van der Waals surface area contributed by atoms with E-state index in [0.717, 1.165) is 0 Å². The molecule has 0 aromatic heterocycles. The highest BCUT2D eigenvalue weighted by Gasteiger charge is 2.18. The van der Waals surface area contributed by atoms with Gasteiger partial charge in [0.2, 0.25) is 0 Å².